The number of aryl methyl sites for hydroxylation is 1. The van der Waals surface area contributed by atoms with Gasteiger partial charge in [-0.3, -0.25) is 10.4 Å². The minimum absolute atomic E-state index is 0.0505. The van der Waals surface area contributed by atoms with Gasteiger partial charge < -0.3 is 10.5 Å². The van der Waals surface area contributed by atoms with Crippen molar-refractivity contribution < 1.29 is 4.74 Å². The zero-order valence-electron chi connectivity index (χ0n) is 10.9. The zero-order chi connectivity index (χ0) is 13.7. The Hall–Kier alpha value is -2.36. The van der Waals surface area contributed by atoms with Crippen LogP contribution in [0.5, 0.6) is 5.75 Å². The van der Waals surface area contributed by atoms with Gasteiger partial charge in [0.1, 0.15) is 11.6 Å². The third-order valence-corrected chi connectivity index (χ3v) is 2.84. The van der Waals surface area contributed by atoms with Gasteiger partial charge in [-0.05, 0) is 30.7 Å². The Morgan fingerprint density at radius 3 is 2.84 bits per heavy atom. The molecule has 0 atom stereocenters. The van der Waals surface area contributed by atoms with Crippen LogP contribution >= 0.6 is 0 Å². The number of benzene rings is 1. The monoisotopic (exact) mass is 255 g/mol. The number of nitrogens with zero attached hydrogens (tertiary/aromatic N) is 1. The van der Waals surface area contributed by atoms with Crippen molar-refractivity contribution in [1.82, 2.24) is 4.98 Å². The second-order valence-electron chi connectivity index (χ2n) is 4.31. The number of nitrogen functional groups attached to an aromatic ring is 1. The Labute approximate surface area is 112 Å². The zero-order valence-corrected chi connectivity index (χ0v) is 10.9. The van der Waals surface area contributed by atoms with E-state index in [4.69, 9.17) is 15.9 Å². The Balaban J connectivity index is 1.99. The molecule has 0 saturated heterocycles. The van der Waals surface area contributed by atoms with Crippen LogP contribution in [-0.4, -0.2) is 17.4 Å². The Bertz CT molecular complexity index is 567. The van der Waals surface area contributed by atoms with E-state index < -0.39 is 0 Å². The van der Waals surface area contributed by atoms with Crippen LogP contribution in [-0.2, 0) is 6.42 Å². The van der Waals surface area contributed by atoms with Gasteiger partial charge in [0.05, 0.1) is 6.61 Å². The van der Waals surface area contributed by atoms with Crippen molar-refractivity contribution in [3.8, 4) is 5.75 Å². The van der Waals surface area contributed by atoms with Crippen molar-refractivity contribution >= 4 is 5.84 Å². The SMILES string of the molecule is Cc1ccc(C(=N)N)cc1OCCc1ccccn1. The first kappa shape index (κ1) is 13.1. The lowest BCUT2D eigenvalue weighted by molar-refractivity contribution is 0.318. The average molecular weight is 255 g/mol. The van der Waals surface area contributed by atoms with Crippen LogP contribution in [0.1, 0.15) is 16.8 Å². The molecule has 3 N–H and O–H groups in total. The summed E-state index contributed by atoms with van der Waals surface area (Å²) in [4.78, 5) is 4.24. The summed E-state index contributed by atoms with van der Waals surface area (Å²) < 4.78 is 5.74. The van der Waals surface area contributed by atoms with Crippen molar-refractivity contribution in [2.75, 3.05) is 6.61 Å². The van der Waals surface area contributed by atoms with Crippen molar-refractivity contribution in [3.63, 3.8) is 0 Å². The molecule has 0 radical (unpaired) electrons. The van der Waals surface area contributed by atoms with E-state index in [1.165, 1.54) is 0 Å². The second-order valence-corrected chi connectivity index (χ2v) is 4.31. The molecule has 0 spiro atoms. The molecule has 1 aromatic carbocycles. The molecule has 4 heteroatoms. The molecule has 4 nitrogen and oxygen atoms in total. The number of amidine groups is 1. The topological polar surface area (TPSA) is 72.0 Å². The van der Waals surface area contributed by atoms with Gasteiger partial charge in [-0.2, -0.15) is 0 Å². The van der Waals surface area contributed by atoms with E-state index in [9.17, 15) is 0 Å². The number of nitrogens with two attached hydrogens (primary N) is 1. The standard InChI is InChI=1S/C15H17N3O/c1-11-5-6-12(15(16)17)10-14(11)19-9-7-13-4-2-3-8-18-13/h2-6,8,10H,7,9H2,1H3,(H3,16,17). The molecule has 0 fully saturated rings. The normalized spacial score (nSPS) is 10.2. The maximum Gasteiger partial charge on any atom is 0.122 e. The fourth-order valence-corrected chi connectivity index (χ4v) is 1.73. The summed E-state index contributed by atoms with van der Waals surface area (Å²) in [7, 11) is 0. The molecule has 0 amide bonds. The van der Waals surface area contributed by atoms with Crippen molar-refractivity contribution in [2.24, 2.45) is 5.73 Å². The van der Waals surface area contributed by atoms with Gasteiger partial charge >= 0.3 is 0 Å². The van der Waals surface area contributed by atoms with Crippen molar-refractivity contribution in [2.45, 2.75) is 13.3 Å². The average Bonchev–Trinajstić information content (AvgIpc) is 2.42. The molecule has 0 aliphatic heterocycles. The largest absolute Gasteiger partial charge is 0.493 e. The highest BCUT2D eigenvalue weighted by Crippen LogP contribution is 2.19. The molecule has 0 aliphatic carbocycles. The molecule has 0 bridgehead atoms. The molecule has 2 aromatic rings. The number of pyridine rings is 1. The lowest BCUT2D eigenvalue weighted by Gasteiger charge is -2.10. The molecule has 2 rings (SSSR count). The predicted octanol–water partition coefficient (Wildman–Crippen LogP) is 2.30. The molecular weight excluding hydrogens is 238 g/mol. The van der Waals surface area contributed by atoms with Gasteiger partial charge in [-0.25, -0.2) is 0 Å². The van der Waals surface area contributed by atoms with Crippen LogP contribution in [0.4, 0.5) is 0 Å². The van der Waals surface area contributed by atoms with Crippen LogP contribution < -0.4 is 10.5 Å². The minimum Gasteiger partial charge on any atom is -0.493 e. The number of rotatable bonds is 5. The van der Waals surface area contributed by atoms with Gasteiger partial charge in [0.25, 0.3) is 0 Å². The summed E-state index contributed by atoms with van der Waals surface area (Å²) in [6, 6.07) is 11.4. The molecule has 98 valence electrons. The minimum atomic E-state index is 0.0505. The van der Waals surface area contributed by atoms with Crippen molar-refractivity contribution in [1.29, 1.82) is 5.41 Å². The van der Waals surface area contributed by atoms with Gasteiger partial charge in [0, 0.05) is 23.9 Å². The highest BCUT2D eigenvalue weighted by molar-refractivity contribution is 5.95. The van der Waals surface area contributed by atoms with E-state index in [1.807, 2.05) is 37.3 Å². The molecule has 1 aromatic heterocycles. The van der Waals surface area contributed by atoms with E-state index in [0.717, 1.165) is 23.4 Å². The summed E-state index contributed by atoms with van der Waals surface area (Å²) in [5.74, 6) is 0.818. The fourth-order valence-electron chi connectivity index (χ4n) is 1.73. The quantitative estimate of drug-likeness (QED) is 0.636. The Morgan fingerprint density at radius 2 is 2.16 bits per heavy atom. The first-order chi connectivity index (χ1) is 9.16. The first-order valence-electron chi connectivity index (χ1n) is 6.14. The molecule has 0 saturated carbocycles. The van der Waals surface area contributed by atoms with Crippen LogP contribution in [0.3, 0.4) is 0 Å². The molecule has 19 heavy (non-hydrogen) atoms. The van der Waals surface area contributed by atoms with Gasteiger partial charge in [-0.1, -0.05) is 18.2 Å². The maximum absolute atomic E-state index is 7.43. The summed E-state index contributed by atoms with van der Waals surface area (Å²) in [5, 5.41) is 7.43. The first-order valence-corrected chi connectivity index (χ1v) is 6.14. The van der Waals surface area contributed by atoms with E-state index >= 15 is 0 Å². The number of ether oxygens (including phenoxy) is 1. The van der Waals surface area contributed by atoms with Gasteiger partial charge in [-0.15, -0.1) is 0 Å². The highest BCUT2D eigenvalue weighted by atomic mass is 16.5. The summed E-state index contributed by atoms with van der Waals surface area (Å²) in [6.45, 7) is 2.53. The second kappa shape index (κ2) is 6.00. The fraction of sp³-hybridized carbons (Fsp3) is 0.200. The van der Waals surface area contributed by atoms with Crippen LogP contribution in [0.15, 0.2) is 42.6 Å². The molecule has 0 unspecified atom stereocenters. The lowest BCUT2D eigenvalue weighted by Crippen LogP contribution is -2.11. The van der Waals surface area contributed by atoms with E-state index in [2.05, 4.69) is 4.98 Å². The van der Waals surface area contributed by atoms with Crippen LogP contribution in [0.25, 0.3) is 0 Å². The Kier molecular flexibility index (Phi) is 4.13. The maximum atomic E-state index is 7.43. The van der Waals surface area contributed by atoms with Gasteiger partial charge in [0.2, 0.25) is 0 Å². The summed E-state index contributed by atoms with van der Waals surface area (Å²) in [6.07, 6.45) is 2.53. The number of hydrogen-bond acceptors (Lipinski definition) is 3. The smallest absolute Gasteiger partial charge is 0.122 e. The summed E-state index contributed by atoms with van der Waals surface area (Å²) >= 11 is 0. The van der Waals surface area contributed by atoms with E-state index in [1.54, 1.807) is 12.3 Å². The molecular formula is C15H17N3O. The third kappa shape index (κ3) is 3.55. The third-order valence-electron chi connectivity index (χ3n) is 2.84. The van der Waals surface area contributed by atoms with Crippen LogP contribution in [0, 0.1) is 12.3 Å². The summed E-state index contributed by atoms with van der Waals surface area (Å²) in [5.41, 5.74) is 8.19. The lowest BCUT2D eigenvalue weighted by atomic mass is 10.1. The number of hydrogen-bond donors (Lipinski definition) is 2. The molecule has 0 aliphatic rings. The van der Waals surface area contributed by atoms with Crippen LogP contribution in [0.2, 0.25) is 0 Å². The van der Waals surface area contributed by atoms with E-state index in [-0.39, 0.29) is 5.84 Å². The molecule has 1 heterocycles. The number of aromatic nitrogens is 1. The highest BCUT2D eigenvalue weighted by Gasteiger charge is 2.04. The number of nitrogens with one attached hydrogen (secondary N) is 1. The predicted molar refractivity (Wildman–Crippen MR) is 75.6 cm³/mol. The van der Waals surface area contributed by atoms with Gasteiger partial charge in [0.15, 0.2) is 0 Å². The van der Waals surface area contributed by atoms with E-state index in [0.29, 0.717) is 12.2 Å². The van der Waals surface area contributed by atoms with Crippen molar-refractivity contribution in [3.05, 3.63) is 59.4 Å². The Morgan fingerprint density at radius 1 is 1.32 bits per heavy atom.